The van der Waals surface area contributed by atoms with Crippen LogP contribution in [-0.4, -0.2) is 74.3 Å². The van der Waals surface area contributed by atoms with Crippen molar-refractivity contribution in [3.63, 3.8) is 0 Å². The maximum atomic E-state index is 12.8. The minimum Gasteiger partial charge on any atom is -0.380 e. The number of carbonyl (C=O) groups excluding carboxylic acids is 1. The van der Waals surface area contributed by atoms with E-state index in [1.807, 2.05) is 13.8 Å². The zero-order valence-corrected chi connectivity index (χ0v) is 21.1. The van der Waals surface area contributed by atoms with Crippen LogP contribution in [0.5, 0.6) is 0 Å². The number of ether oxygens (including phenoxy) is 2. The van der Waals surface area contributed by atoms with Crippen molar-refractivity contribution in [3.8, 4) is 0 Å². The third-order valence-corrected chi connectivity index (χ3v) is 5.33. The molecule has 0 radical (unpaired) electrons. The van der Waals surface area contributed by atoms with Crippen molar-refractivity contribution >= 4 is 11.9 Å². The molecule has 7 heteroatoms. The molecule has 0 saturated carbocycles. The third-order valence-electron chi connectivity index (χ3n) is 5.33. The van der Waals surface area contributed by atoms with Gasteiger partial charge in [0.05, 0.1) is 25.5 Å². The number of rotatable bonds is 12. The molecule has 0 aliphatic carbocycles. The summed E-state index contributed by atoms with van der Waals surface area (Å²) in [5, 5.41) is 2.96. The molecular formula is C25H44N4O3. The Morgan fingerprint density at radius 3 is 2.41 bits per heavy atom. The predicted molar refractivity (Wildman–Crippen MR) is 133 cm³/mol. The molecule has 0 spiro atoms. The molecule has 0 atom stereocenters. The Balaban J connectivity index is 3.03. The van der Waals surface area contributed by atoms with Crippen molar-refractivity contribution in [2.24, 2.45) is 4.99 Å². The van der Waals surface area contributed by atoms with Gasteiger partial charge in [-0.25, -0.2) is 9.79 Å². The van der Waals surface area contributed by atoms with Crippen LogP contribution < -0.4 is 5.32 Å². The molecule has 1 heterocycles. The molecule has 0 unspecified atom stereocenters. The van der Waals surface area contributed by atoms with Crippen LogP contribution in [0.25, 0.3) is 0 Å². The minimum absolute atomic E-state index is 0.147. The second kappa shape index (κ2) is 15.6. The molecule has 0 bridgehead atoms. The lowest BCUT2D eigenvalue weighted by molar-refractivity contribution is 0.0546. The SMILES string of the molecule is C=C(CC)C(/N=C(\C)NC(=O)N(CCC)CCOCCC)=C(C)\C(=C/C)N1CCOCC1. The van der Waals surface area contributed by atoms with E-state index >= 15 is 0 Å². The zero-order chi connectivity index (χ0) is 23.9. The van der Waals surface area contributed by atoms with Crippen LogP contribution >= 0.6 is 0 Å². The Morgan fingerprint density at radius 2 is 1.84 bits per heavy atom. The first-order chi connectivity index (χ1) is 15.4. The average Bonchev–Trinajstić information content (AvgIpc) is 2.80. The lowest BCUT2D eigenvalue weighted by Gasteiger charge is -2.32. The van der Waals surface area contributed by atoms with Crippen LogP contribution in [0.15, 0.2) is 40.2 Å². The predicted octanol–water partition coefficient (Wildman–Crippen LogP) is 4.73. The summed E-state index contributed by atoms with van der Waals surface area (Å²) in [6, 6.07) is -0.147. The lowest BCUT2D eigenvalue weighted by Crippen LogP contribution is -2.44. The molecule has 1 aliphatic heterocycles. The summed E-state index contributed by atoms with van der Waals surface area (Å²) in [6.07, 6.45) is 4.76. The molecule has 182 valence electrons. The van der Waals surface area contributed by atoms with Crippen molar-refractivity contribution in [3.05, 3.63) is 35.2 Å². The summed E-state index contributed by atoms with van der Waals surface area (Å²) >= 11 is 0. The topological polar surface area (TPSA) is 66.4 Å². The van der Waals surface area contributed by atoms with Crippen LogP contribution in [0.1, 0.15) is 60.8 Å². The van der Waals surface area contributed by atoms with E-state index in [-0.39, 0.29) is 6.03 Å². The first-order valence-electron chi connectivity index (χ1n) is 12.0. The van der Waals surface area contributed by atoms with Crippen molar-refractivity contribution in [1.29, 1.82) is 0 Å². The van der Waals surface area contributed by atoms with Gasteiger partial charge in [-0.15, -0.1) is 0 Å². The highest BCUT2D eigenvalue weighted by Gasteiger charge is 2.19. The second-order valence-electron chi connectivity index (χ2n) is 7.93. The third kappa shape index (κ3) is 9.17. The van der Waals surface area contributed by atoms with Gasteiger partial charge in [-0.3, -0.25) is 5.32 Å². The monoisotopic (exact) mass is 448 g/mol. The Morgan fingerprint density at radius 1 is 1.16 bits per heavy atom. The summed E-state index contributed by atoms with van der Waals surface area (Å²) in [6.45, 7) is 22.1. The number of allylic oxidation sites excluding steroid dienone is 3. The molecule has 2 amide bonds. The fraction of sp³-hybridized carbons (Fsp3) is 0.680. The minimum atomic E-state index is -0.147. The van der Waals surface area contributed by atoms with Crippen LogP contribution in [0.4, 0.5) is 4.79 Å². The molecule has 0 aromatic rings. The highest BCUT2D eigenvalue weighted by molar-refractivity contribution is 5.96. The van der Waals surface area contributed by atoms with E-state index in [4.69, 9.17) is 14.5 Å². The van der Waals surface area contributed by atoms with Gasteiger partial charge in [0.1, 0.15) is 5.84 Å². The van der Waals surface area contributed by atoms with Gasteiger partial charge in [0.25, 0.3) is 0 Å². The Hall–Kier alpha value is -2.12. The van der Waals surface area contributed by atoms with E-state index in [1.54, 1.807) is 4.90 Å². The van der Waals surface area contributed by atoms with Crippen molar-refractivity contribution in [1.82, 2.24) is 15.1 Å². The van der Waals surface area contributed by atoms with E-state index in [1.165, 1.54) is 0 Å². The summed E-state index contributed by atoms with van der Waals surface area (Å²) in [7, 11) is 0. The molecule has 32 heavy (non-hydrogen) atoms. The summed E-state index contributed by atoms with van der Waals surface area (Å²) in [5.74, 6) is 0.562. The smallest absolute Gasteiger partial charge is 0.322 e. The molecular weight excluding hydrogens is 404 g/mol. The summed E-state index contributed by atoms with van der Waals surface area (Å²) in [5.41, 5.74) is 3.98. The van der Waals surface area contributed by atoms with Crippen LogP contribution in [0.3, 0.4) is 0 Å². The Bertz CT molecular complexity index is 691. The van der Waals surface area contributed by atoms with Gasteiger partial charge < -0.3 is 19.3 Å². The number of hydrogen-bond donors (Lipinski definition) is 1. The van der Waals surface area contributed by atoms with Crippen LogP contribution in [-0.2, 0) is 9.47 Å². The molecule has 1 fully saturated rings. The second-order valence-corrected chi connectivity index (χ2v) is 7.93. The maximum absolute atomic E-state index is 12.8. The van der Waals surface area contributed by atoms with E-state index in [2.05, 4.69) is 50.6 Å². The van der Waals surface area contributed by atoms with Gasteiger partial charge in [0.2, 0.25) is 0 Å². The summed E-state index contributed by atoms with van der Waals surface area (Å²) < 4.78 is 11.1. The largest absolute Gasteiger partial charge is 0.380 e. The van der Waals surface area contributed by atoms with E-state index < -0.39 is 0 Å². The fourth-order valence-electron chi connectivity index (χ4n) is 3.59. The fourth-order valence-corrected chi connectivity index (χ4v) is 3.59. The first kappa shape index (κ1) is 27.9. The van der Waals surface area contributed by atoms with Gasteiger partial charge in [-0.2, -0.15) is 0 Å². The molecule has 7 nitrogen and oxygen atoms in total. The molecule has 1 rings (SSSR count). The number of nitrogens with one attached hydrogen (secondary N) is 1. The van der Waals surface area contributed by atoms with E-state index in [0.717, 1.165) is 68.1 Å². The van der Waals surface area contributed by atoms with E-state index in [9.17, 15) is 4.79 Å². The van der Waals surface area contributed by atoms with Crippen LogP contribution in [0.2, 0.25) is 0 Å². The van der Waals surface area contributed by atoms with Crippen molar-refractivity contribution in [2.45, 2.75) is 60.8 Å². The molecule has 1 N–H and O–H groups in total. The van der Waals surface area contributed by atoms with Gasteiger partial charge in [-0.1, -0.05) is 33.4 Å². The van der Waals surface area contributed by atoms with Gasteiger partial charge in [0, 0.05) is 38.5 Å². The molecule has 0 aromatic carbocycles. The van der Waals surface area contributed by atoms with Gasteiger partial charge >= 0.3 is 6.03 Å². The normalized spacial score (nSPS) is 16.0. The first-order valence-corrected chi connectivity index (χ1v) is 12.0. The number of amides is 2. The number of hydrogen-bond acceptors (Lipinski definition) is 5. The number of nitrogens with zero attached hydrogens (tertiary/aromatic N) is 3. The number of aliphatic imine (C=N–C) groups is 1. The van der Waals surface area contributed by atoms with Crippen molar-refractivity contribution in [2.75, 3.05) is 52.6 Å². The average molecular weight is 449 g/mol. The van der Waals surface area contributed by atoms with Gasteiger partial charge in [-0.05, 0) is 51.2 Å². The molecule has 1 aliphatic rings. The number of morpholine rings is 1. The highest BCUT2D eigenvalue weighted by Crippen LogP contribution is 2.26. The number of amidine groups is 1. The standard InChI is InChI=1S/C25H44N4O3/c1-8-12-29(15-19-31-16-9-2)25(30)27-22(7)26-24(20(5)10-3)21(6)23(11-4)28-13-17-32-18-14-28/h11H,5,8-10,12-19H2,1-4,6-7H3,(H,26,27,30)/b23-11+,24-21+. The van der Waals surface area contributed by atoms with Crippen molar-refractivity contribution < 1.29 is 14.3 Å². The highest BCUT2D eigenvalue weighted by atomic mass is 16.5. The molecule has 0 aromatic heterocycles. The molecule has 1 saturated heterocycles. The zero-order valence-electron chi connectivity index (χ0n) is 21.1. The quantitative estimate of drug-likeness (QED) is 0.203. The number of carbonyl (C=O) groups is 1. The number of urea groups is 1. The van der Waals surface area contributed by atoms with Gasteiger partial charge in [0.15, 0.2) is 0 Å². The Kier molecular flexibility index (Phi) is 13.6. The Labute approximate surface area is 195 Å². The summed E-state index contributed by atoms with van der Waals surface area (Å²) in [4.78, 5) is 21.8. The van der Waals surface area contributed by atoms with E-state index in [0.29, 0.717) is 32.1 Å². The van der Waals surface area contributed by atoms with Crippen LogP contribution in [0, 0.1) is 0 Å². The lowest BCUT2D eigenvalue weighted by atomic mass is 10.0. The maximum Gasteiger partial charge on any atom is 0.322 e.